The molecule has 0 amide bonds. The molecule has 1 aliphatic carbocycles. The van der Waals surface area contributed by atoms with Gasteiger partial charge in [0.1, 0.15) is 5.82 Å². The highest BCUT2D eigenvalue weighted by Gasteiger charge is 2.46. The van der Waals surface area contributed by atoms with Crippen LogP contribution in [0.4, 0.5) is 4.39 Å². The maximum atomic E-state index is 13.0. The van der Waals surface area contributed by atoms with Crippen LogP contribution in [0, 0.1) is 5.82 Å². The van der Waals surface area contributed by atoms with Crippen LogP contribution in [-0.4, -0.2) is 19.9 Å². The molecule has 0 radical (unpaired) electrons. The van der Waals surface area contributed by atoms with Crippen molar-refractivity contribution in [1.82, 2.24) is 9.71 Å². The number of rotatable bonds is 5. The van der Waals surface area contributed by atoms with E-state index in [1.165, 1.54) is 12.1 Å². The van der Waals surface area contributed by atoms with E-state index in [1.54, 1.807) is 0 Å². The van der Waals surface area contributed by atoms with Crippen molar-refractivity contribution < 1.29 is 12.8 Å². The fourth-order valence-corrected chi connectivity index (χ4v) is 4.46. The summed E-state index contributed by atoms with van der Waals surface area (Å²) < 4.78 is 40.5. The lowest BCUT2D eigenvalue weighted by molar-refractivity contribution is 0.567. The van der Waals surface area contributed by atoms with Crippen LogP contribution in [0.15, 0.2) is 53.6 Å². The lowest BCUT2D eigenvalue weighted by atomic mass is 9.96. The third-order valence-corrected chi connectivity index (χ3v) is 6.45. The topological polar surface area (TPSA) is 62.0 Å². The Morgan fingerprint density at radius 1 is 1.16 bits per heavy atom. The number of halogens is 2. The molecule has 0 atom stereocenters. The van der Waals surface area contributed by atoms with E-state index in [0.29, 0.717) is 11.6 Å². The lowest BCUT2D eigenvalue weighted by Gasteiger charge is -2.16. The van der Waals surface area contributed by atoms with Gasteiger partial charge in [-0.15, -0.1) is 0 Å². The van der Waals surface area contributed by atoms with Crippen LogP contribution in [0.1, 0.15) is 18.4 Å². The highest BCUT2D eigenvalue weighted by Crippen LogP contribution is 2.50. The molecule has 0 bridgehead atoms. The maximum Gasteiger partial charge on any atom is 0.240 e. The zero-order valence-electron chi connectivity index (χ0n) is 13.2. The zero-order chi connectivity index (χ0) is 17.7. The molecule has 3 aromatic rings. The van der Waals surface area contributed by atoms with Crippen LogP contribution in [0.25, 0.3) is 10.9 Å². The molecule has 0 saturated heterocycles. The number of sulfonamides is 1. The number of benzene rings is 2. The highest BCUT2D eigenvalue weighted by molar-refractivity contribution is 7.89. The molecule has 130 valence electrons. The lowest BCUT2D eigenvalue weighted by Crippen LogP contribution is -2.32. The van der Waals surface area contributed by atoms with E-state index in [-0.39, 0.29) is 10.3 Å². The van der Waals surface area contributed by atoms with Gasteiger partial charge in [-0.2, -0.15) is 0 Å². The molecule has 1 saturated carbocycles. The molecular formula is C18H16ClFN2O2S. The molecule has 1 heterocycles. The van der Waals surface area contributed by atoms with E-state index in [0.717, 1.165) is 41.4 Å². The van der Waals surface area contributed by atoms with Crippen molar-refractivity contribution in [1.29, 1.82) is 0 Å². The Hall–Kier alpha value is -1.89. The SMILES string of the molecule is O=S(=O)(NCC1(c2c[nH]c3cc(Cl)ccc23)CC1)c1ccc(F)cc1. The molecule has 0 aliphatic heterocycles. The molecule has 1 aromatic heterocycles. The van der Waals surface area contributed by atoms with E-state index in [4.69, 9.17) is 11.6 Å². The Kier molecular flexibility index (Phi) is 3.86. The number of hydrogen-bond donors (Lipinski definition) is 2. The van der Waals surface area contributed by atoms with Gasteiger partial charge in [0.2, 0.25) is 10.0 Å². The number of H-pyrrole nitrogens is 1. The first-order valence-corrected chi connectivity index (χ1v) is 9.78. The second-order valence-electron chi connectivity index (χ2n) is 6.45. The second-order valence-corrected chi connectivity index (χ2v) is 8.65. The van der Waals surface area contributed by atoms with Gasteiger partial charge < -0.3 is 4.98 Å². The summed E-state index contributed by atoms with van der Waals surface area (Å²) in [5.41, 5.74) is 1.83. The van der Waals surface area contributed by atoms with Gasteiger partial charge in [-0.3, -0.25) is 0 Å². The predicted octanol–water partition coefficient (Wildman–Crippen LogP) is 3.97. The average Bonchev–Trinajstić information content (AvgIpc) is 3.26. The predicted molar refractivity (Wildman–Crippen MR) is 95.8 cm³/mol. The Labute approximate surface area is 150 Å². The van der Waals surface area contributed by atoms with E-state index in [9.17, 15) is 12.8 Å². The van der Waals surface area contributed by atoms with Crippen LogP contribution >= 0.6 is 11.6 Å². The van der Waals surface area contributed by atoms with Crippen molar-refractivity contribution in [2.45, 2.75) is 23.2 Å². The first-order valence-electron chi connectivity index (χ1n) is 7.92. The maximum absolute atomic E-state index is 13.0. The summed E-state index contributed by atoms with van der Waals surface area (Å²) in [6, 6.07) is 10.5. The van der Waals surface area contributed by atoms with Crippen LogP contribution < -0.4 is 4.72 Å². The summed E-state index contributed by atoms with van der Waals surface area (Å²) in [5, 5.41) is 1.71. The summed E-state index contributed by atoms with van der Waals surface area (Å²) in [6.45, 7) is 0.308. The molecule has 0 spiro atoms. The first kappa shape index (κ1) is 16.6. The molecule has 4 rings (SSSR count). The van der Waals surface area contributed by atoms with Crippen molar-refractivity contribution >= 4 is 32.5 Å². The first-order chi connectivity index (χ1) is 11.9. The van der Waals surface area contributed by atoms with Crippen LogP contribution in [0.2, 0.25) is 5.02 Å². The Bertz CT molecular complexity index is 1040. The third kappa shape index (κ3) is 3.05. The average molecular weight is 379 g/mol. The monoisotopic (exact) mass is 378 g/mol. The quantitative estimate of drug-likeness (QED) is 0.705. The van der Waals surface area contributed by atoms with Gasteiger partial charge in [-0.1, -0.05) is 17.7 Å². The van der Waals surface area contributed by atoms with Crippen molar-refractivity contribution in [3.8, 4) is 0 Å². The molecule has 2 aromatic carbocycles. The normalized spacial score (nSPS) is 16.2. The molecule has 1 fully saturated rings. The van der Waals surface area contributed by atoms with Crippen LogP contribution in [0.5, 0.6) is 0 Å². The highest BCUT2D eigenvalue weighted by atomic mass is 35.5. The molecular weight excluding hydrogens is 363 g/mol. The number of nitrogens with one attached hydrogen (secondary N) is 2. The van der Waals surface area contributed by atoms with Gasteiger partial charge in [-0.05, 0) is 54.8 Å². The standard InChI is InChI=1S/C18H16ClFN2O2S/c19-12-1-6-15-16(10-21-17(15)9-12)18(7-8-18)11-22-25(23,24)14-4-2-13(20)3-5-14/h1-6,9-10,21-22H,7-8,11H2. The molecule has 1 aliphatic rings. The van der Waals surface area contributed by atoms with Gasteiger partial charge >= 0.3 is 0 Å². The van der Waals surface area contributed by atoms with Crippen LogP contribution in [-0.2, 0) is 15.4 Å². The van der Waals surface area contributed by atoms with E-state index in [1.807, 2.05) is 24.4 Å². The fourth-order valence-electron chi connectivity index (χ4n) is 3.16. The van der Waals surface area contributed by atoms with Crippen LogP contribution in [0.3, 0.4) is 0 Å². The summed E-state index contributed by atoms with van der Waals surface area (Å²) in [4.78, 5) is 3.27. The number of aromatic nitrogens is 1. The summed E-state index contributed by atoms with van der Waals surface area (Å²) in [7, 11) is -3.67. The minimum atomic E-state index is -3.67. The molecule has 7 heteroatoms. The largest absolute Gasteiger partial charge is 0.361 e. The summed E-state index contributed by atoms with van der Waals surface area (Å²) >= 11 is 6.02. The summed E-state index contributed by atoms with van der Waals surface area (Å²) in [5.74, 6) is -0.463. The summed E-state index contributed by atoms with van der Waals surface area (Å²) in [6.07, 6.45) is 3.75. The third-order valence-electron chi connectivity index (χ3n) is 4.79. The minimum Gasteiger partial charge on any atom is -0.361 e. The molecule has 25 heavy (non-hydrogen) atoms. The number of aromatic amines is 1. The fraction of sp³-hybridized carbons (Fsp3) is 0.222. The van der Waals surface area contributed by atoms with Gasteiger partial charge in [0.15, 0.2) is 0 Å². The number of hydrogen-bond acceptors (Lipinski definition) is 2. The van der Waals surface area contributed by atoms with Crippen molar-refractivity contribution in [2.75, 3.05) is 6.54 Å². The van der Waals surface area contributed by atoms with Gasteiger partial charge in [0, 0.05) is 34.1 Å². The molecule has 0 unspecified atom stereocenters. The van der Waals surface area contributed by atoms with Gasteiger partial charge in [0.05, 0.1) is 4.90 Å². The smallest absolute Gasteiger partial charge is 0.240 e. The number of fused-ring (bicyclic) bond motifs is 1. The Balaban J connectivity index is 1.58. The van der Waals surface area contributed by atoms with Gasteiger partial charge in [-0.25, -0.2) is 17.5 Å². The molecule has 4 nitrogen and oxygen atoms in total. The van der Waals surface area contributed by atoms with Gasteiger partial charge in [0.25, 0.3) is 0 Å². The Morgan fingerprint density at radius 3 is 2.56 bits per heavy atom. The second kappa shape index (κ2) is 5.83. The van der Waals surface area contributed by atoms with E-state index in [2.05, 4.69) is 9.71 Å². The Morgan fingerprint density at radius 2 is 1.88 bits per heavy atom. The molecule has 2 N–H and O–H groups in total. The zero-order valence-corrected chi connectivity index (χ0v) is 14.8. The van der Waals surface area contributed by atoms with Crippen molar-refractivity contribution in [3.63, 3.8) is 0 Å². The van der Waals surface area contributed by atoms with E-state index < -0.39 is 15.8 Å². The van der Waals surface area contributed by atoms with Crippen molar-refractivity contribution in [3.05, 3.63) is 65.1 Å². The van der Waals surface area contributed by atoms with Crippen molar-refractivity contribution in [2.24, 2.45) is 0 Å². The minimum absolute atomic E-state index is 0.0652. The van der Waals surface area contributed by atoms with E-state index >= 15 is 0 Å².